The van der Waals surface area contributed by atoms with E-state index >= 15 is 0 Å². The fraction of sp³-hybridized carbons (Fsp3) is 0. The summed E-state index contributed by atoms with van der Waals surface area (Å²) in [6, 6.07) is 6.48. The van der Waals surface area contributed by atoms with Gasteiger partial charge in [0, 0.05) is 16.8 Å². The molecule has 112 valence electrons. The van der Waals surface area contributed by atoms with Crippen LogP contribution in [0.2, 0.25) is 0 Å². The van der Waals surface area contributed by atoms with Crippen LogP contribution in [-0.4, -0.2) is 31.7 Å². The third kappa shape index (κ3) is 2.05. The van der Waals surface area contributed by atoms with Crippen molar-refractivity contribution in [3.63, 3.8) is 0 Å². The minimum Gasteiger partial charge on any atom is -0.507 e. The van der Waals surface area contributed by atoms with Gasteiger partial charge in [-0.1, -0.05) is 0 Å². The van der Waals surface area contributed by atoms with Gasteiger partial charge in [0.15, 0.2) is 23.0 Å². The second-order valence-electron chi connectivity index (χ2n) is 4.70. The Bertz CT molecular complexity index is 930. The van der Waals surface area contributed by atoms with Crippen molar-refractivity contribution in [2.45, 2.75) is 0 Å². The summed E-state index contributed by atoms with van der Waals surface area (Å²) in [4.78, 5) is 10.6. The monoisotopic (exact) mass is 302 g/mol. The van der Waals surface area contributed by atoms with Crippen molar-refractivity contribution in [1.82, 2.24) is 0 Å². The fourth-order valence-electron chi connectivity index (χ4n) is 2.31. The van der Waals surface area contributed by atoms with E-state index in [1.165, 1.54) is 24.3 Å². The lowest BCUT2D eigenvalue weighted by molar-refractivity contribution is 0.143. The molecule has 0 heterocycles. The van der Waals surface area contributed by atoms with Gasteiger partial charge in [-0.05, 0) is 35.0 Å². The van der Waals surface area contributed by atoms with Crippen LogP contribution in [0.15, 0.2) is 30.3 Å². The molecule has 0 aliphatic heterocycles. The smallest absolute Gasteiger partial charge is 0.507 e. The second-order valence-corrected chi connectivity index (χ2v) is 4.70. The Kier molecular flexibility index (Phi) is 2.84. The summed E-state index contributed by atoms with van der Waals surface area (Å²) < 4.78 is 4.45. The maximum atomic E-state index is 10.6. The Morgan fingerprint density at radius 3 is 2.09 bits per heavy atom. The Hall–Kier alpha value is -3.35. The molecule has 0 atom stereocenters. The molecule has 7 nitrogen and oxygen atoms in total. The van der Waals surface area contributed by atoms with E-state index in [0.717, 1.165) is 6.07 Å². The highest BCUT2D eigenvalue weighted by atomic mass is 16.7. The van der Waals surface area contributed by atoms with Crippen molar-refractivity contribution in [3.8, 4) is 28.7 Å². The van der Waals surface area contributed by atoms with Crippen LogP contribution in [0.5, 0.6) is 28.7 Å². The van der Waals surface area contributed by atoms with Gasteiger partial charge in [-0.3, -0.25) is 0 Å². The van der Waals surface area contributed by atoms with E-state index in [9.17, 15) is 25.2 Å². The lowest BCUT2D eigenvalue weighted by atomic mass is 10.0. The largest absolute Gasteiger partial charge is 0.511 e. The van der Waals surface area contributed by atoms with Gasteiger partial charge < -0.3 is 30.3 Å². The van der Waals surface area contributed by atoms with Gasteiger partial charge in [-0.15, -0.1) is 0 Å². The highest BCUT2D eigenvalue weighted by Crippen LogP contribution is 2.42. The lowest BCUT2D eigenvalue weighted by Crippen LogP contribution is -2.03. The molecule has 3 aromatic rings. The topological polar surface area (TPSA) is 127 Å². The van der Waals surface area contributed by atoms with Crippen molar-refractivity contribution in [3.05, 3.63) is 30.3 Å². The molecule has 22 heavy (non-hydrogen) atoms. The molecule has 0 saturated heterocycles. The van der Waals surface area contributed by atoms with Gasteiger partial charge in [-0.25, -0.2) is 4.79 Å². The van der Waals surface area contributed by atoms with Crippen LogP contribution in [-0.2, 0) is 0 Å². The SMILES string of the molecule is O=C(O)Oc1cc2cc3c(O)cc(O)c(O)c3cc2cc1O. The molecule has 0 fully saturated rings. The van der Waals surface area contributed by atoms with Gasteiger partial charge in [0.1, 0.15) is 5.75 Å². The van der Waals surface area contributed by atoms with Crippen molar-refractivity contribution in [2.24, 2.45) is 0 Å². The average Bonchev–Trinajstić information content (AvgIpc) is 2.44. The zero-order chi connectivity index (χ0) is 16.0. The molecule has 7 heteroatoms. The van der Waals surface area contributed by atoms with Gasteiger partial charge in [-0.2, -0.15) is 0 Å². The maximum absolute atomic E-state index is 10.6. The van der Waals surface area contributed by atoms with E-state index < -0.39 is 23.4 Å². The van der Waals surface area contributed by atoms with Crippen LogP contribution in [0.1, 0.15) is 0 Å². The first kappa shape index (κ1) is 13.6. The Labute approximate surface area is 122 Å². The molecule has 0 radical (unpaired) electrons. The van der Waals surface area contributed by atoms with Crippen LogP contribution in [0.4, 0.5) is 4.79 Å². The van der Waals surface area contributed by atoms with E-state index in [1.54, 1.807) is 0 Å². The number of carbonyl (C=O) groups is 1. The molecular weight excluding hydrogens is 292 g/mol. The summed E-state index contributed by atoms with van der Waals surface area (Å²) >= 11 is 0. The molecule has 5 N–H and O–H groups in total. The van der Waals surface area contributed by atoms with Gasteiger partial charge in [0.2, 0.25) is 0 Å². The number of benzene rings is 3. The van der Waals surface area contributed by atoms with Crippen LogP contribution in [0, 0.1) is 0 Å². The Morgan fingerprint density at radius 1 is 0.773 bits per heavy atom. The predicted molar refractivity (Wildman–Crippen MR) is 76.8 cm³/mol. The first-order valence-electron chi connectivity index (χ1n) is 6.12. The summed E-state index contributed by atoms with van der Waals surface area (Å²) in [5.74, 6) is -1.76. The summed E-state index contributed by atoms with van der Waals surface area (Å²) in [7, 11) is 0. The summed E-state index contributed by atoms with van der Waals surface area (Å²) in [5.41, 5.74) is 0. The number of ether oxygens (including phenoxy) is 1. The molecule has 0 unspecified atom stereocenters. The van der Waals surface area contributed by atoms with Crippen molar-refractivity contribution in [1.29, 1.82) is 0 Å². The first-order valence-corrected chi connectivity index (χ1v) is 6.12. The molecule has 0 aromatic heterocycles. The van der Waals surface area contributed by atoms with Crippen LogP contribution in [0.3, 0.4) is 0 Å². The normalized spacial score (nSPS) is 10.9. The molecular formula is C15H10O7. The van der Waals surface area contributed by atoms with Gasteiger partial charge in [0.25, 0.3) is 0 Å². The quantitative estimate of drug-likeness (QED) is 0.154. The minimum absolute atomic E-state index is 0.191. The fourth-order valence-corrected chi connectivity index (χ4v) is 2.31. The lowest BCUT2D eigenvalue weighted by Gasteiger charge is -2.10. The van der Waals surface area contributed by atoms with Crippen molar-refractivity contribution in [2.75, 3.05) is 0 Å². The zero-order valence-electron chi connectivity index (χ0n) is 10.9. The molecule has 0 spiro atoms. The number of phenols is 4. The first-order chi connectivity index (χ1) is 10.4. The van der Waals surface area contributed by atoms with Crippen LogP contribution in [0.25, 0.3) is 21.5 Å². The molecule has 0 aliphatic carbocycles. The number of phenolic OH excluding ortho intramolecular Hbond substituents is 4. The van der Waals surface area contributed by atoms with E-state index in [-0.39, 0.29) is 22.3 Å². The maximum Gasteiger partial charge on any atom is 0.511 e. The Balaban J connectivity index is 2.35. The Morgan fingerprint density at radius 2 is 1.41 bits per heavy atom. The summed E-state index contributed by atoms with van der Waals surface area (Å²) in [5, 5.41) is 49.0. The second kappa shape index (κ2) is 4.59. The number of hydrogen-bond acceptors (Lipinski definition) is 6. The molecule has 0 bridgehead atoms. The molecule has 0 aliphatic rings. The molecule has 3 rings (SSSR count). The minimum atomic E-state index is -1.57. The number of carboxylic acid groups (broad SMARTS) is 1. The van der Waals surface area contributed by atoms with Gasteiger partial charge >= 0.3 is 6.16 Å². The summed E-state index contributed by atoms with van der Waals surface area (Å²) in [6.45, 7) is 0. The number of fused-ring (bicyclic) bond motifs is 2. The van der Waals surface area contributed by atoms with Crippen molar-refractivity contribution >= 4 is 27.7 Å². The number of aromatic hydroxyl groups is 4. The third-order valence-corrected chi connectivity index (χ3v) is 3.30. The highest BCUT2D eigenvalue weighted by Gasteiger charge is 2.14. The number of hydrogen-bond donors (Lipinski definition) is 5. The number of rotatable bonds is 1. The average molecular weight is 302 g/mol. The van der Waals surface area contributed by atoms with Crippen LogP contribution < -0.4 is 4.74 Å². The standard InChI is InChI=1S/C15H10O7/c16-10-5-12(18)14(19)9-2-6-3-11(17)13(22-15(20)21)4-7(6)1-8(9)10/h1-5,16-19H,(H,20,21). The molecule has 3 aromatic carbocycles. The van der Waals surface area contributed by atoms with Crippen LogP contribution >= 0.6 is 0 Å². The molecule has 0 amide bonds. The predicted octanol–water partition coefficient (Wildman–Crippen LogP) is 2.87. The highest BCUT2D eigenvalue weighted by molar-refractivity contribution is 6.05. The van der Waals surface area contributed by atoms with E-state index in [1.807, 2.05) is 0 Å². The van der Waals surface area contributed by atoms with Crippen molar-refractivity contribution < 1.29 is 35.1 Å². The van der Waals surface area contributed by atoms with E-state index in [0.29, 0.717) is 10.8 Å². The summed E-state index contributed by atoms with van der Waals surface area (Å²) in [6.07, 6.45) is -1.57. The van der Waals surface area contributed by atoms with Gasteiger partial charge in [0.05, 0.1) is 0 Å². The zero-order valence-corrected chi connectivity index (χ0v) is 10.9. The van der Waals surface area contributed by atoms with E-state index in [2.05, 4.69) is 4.74 Å². The van der Waals surface area contributed by atoms with E-state index in [4.69, 9.17) is 5.11 Å². The third-order valence-electron chi connectivity index (χ3n) is 3.30. The molecule has 0 saturated carbocycles.